The number of halogens is 3. The maximum Gasteiger partial charge on any atom is 0.341 e. The lowest BCUT2D eigenvalue weighted by atomic mass is 9.72. The summed E-state index contributed by atoms with van der Waals surface area (Å²) in [7, 11) is 0. The van der Waals surface area contributed by atoms with Crippen LogP contribution in [0.3, 0.4) is 0 Å². The molecule has 0 spiro atoms. The second kappa shape index (κ2) is 21.4. The van der Waals surface area contributed by atoms with Crippen molar-refractivity contribution >= 4 is 45.7 Å². The maximum absolute atomic E-state index is 14.3. The molecular weight excluding hydrogens is 926 g/mol. The van der Waals surface area contributed by atoms with Gasteiger partial charge in [-0.1, -0.05) is 130 Å². The van der Waals surface area contributed by atoms with Gasteiger partial charge in [-0.2, -0.15) is 0 Å². The number of benzene rings is 6. The fourth-order valence-electron chi connectivity index (χ4n) is 7.79. The van der Waals surface area contributed by atoms with Gasteiger partial charge in [-0.25, -0.2) is 18.4 Å². The largest absolute Gasteiger partial charge is 0.462 e. The van der Waals surface area contributed by atoms with Crippen LogP contribution >= 0.6 is 22.6 Å². The predicted molar refractivity (Wildman–Crippen MR) is 267 cm³/mol. The van der Waals surface area contributed by atoms with Crippen molar-refractivity contribution in [1.29, 1.82) is 0 Å². The number of rotatable bonds is 6. The number of allylic oxidation sites excluding steroid dienone is 2. The summed E-state index contributed by atoms with van der Waals surface area (Å²) in [6.45, 7) is 12.9. The van der Waals surface area contributed by atoms with Gasteiger partial charge in [0.15, 0.2) is 0 Å². The number of hydrogen-bond donors (Lipinski definition) is 0. The molecule has 0 unspecified atom stereocenters. The first kappa shape index (κ1) is 47.9. The average molecular weight is 977 g/mol. The first-order chi connectivity index (χ1) is 31.1. The summed E-state index contributed by atoms with van der Waals surface area (Å²) in [5, 5.41) is 0. The summed E-state index contributed by atoms with van der Waals surface area (Å²) in [5.74, 6) is 6.48. The number of carbonyl (C=O) groups is 2. The Bertz CT molecular complexity index is 2870. The van der Waals surface area contributed by atoms with E-state index in [-0.39, 0.29) is 35.2 Å². The molecule has 0 fully saturated rings. The molecule has 0 radical (unpaired) electrons. The van der Waals surface area contributed by atoms with Crippen LogP contribution in [-0.4, -0.2) is 25.2 Å². The number of ether oxygens (including phenoxy) is 2. The molecule has 0 aliphatic heterocycles. The second-order valence-corrected chi connectivity index (χ2v) is 18.1. The van der Waals surface area contributed by atoms with Gasteiger partial charge in [0.05, 0.1) is 24.3 Å². The Labute approximate surface area is 396 Å². The highest BCUT2D eigenvalue weighted by Gasteiger charge is 2.30. The first-order valence-corrected chi connectivity index (χ1v) is 22.6. The van der Waals surface area contributed by atoms with Gasteiger partial charge in [0, 0.05) is 20.3 Å². The van der Waals surface area contributed by atoms with E-state index in [9.17, 15) is 18.4 Å². The minimum absolute atomic E-state index is 0.0118. The molecule has 6 aromatic carbocycles. The fraction of sp³-hybridized carbons (Fsp3) is 0.207. The van der Waals surface area contributed by atoms with E-state index >= 15 is 0 Å². The normalized spacial score (nSPS) is 13.7. The van der Waals surface area contributed by atoms with E-state index in [0.717, 1.165) is 27.5 Å². The van der Waals surface area contributed by atoms with Crippen molar-refractivity contribution in [2.75, 3.05) is 13.2 Å². The molecule has 7 heteroatoms. The van der Waals surface area contributed by atoms with E-state index in [1.165, 1.54) is 68.8 Å². The summed E-state index contributed by atoms with van der Waals surface area (Å²) in [5.41, 5.74) is 12.6. The van der Waals surface area contributed by atoms with Crippen molar-refractivity contribution in [2.24, 2.45) is 0 Å². The van der Waals surface area contributed by atoms with Crippen molar-refractivity contribution in [3.8, 4) is 24.2 Å². The van der Waals surface area contributed by atoms with Gasteiger partial charge in [0.25, 0.3) is 0 Å². The van der Waals surface area contributed by atoms with Crippen LogP contribution in [0, 0.1) is 39.4 Å². The minimum atomic E-state index is -0.665. The van der Waals surface area contributed by atoms with Crippen molar-refractivity contribution in [1.82, 2.24) is 0 Å². The highest BCUT2D eigenvalue weighted by atomic mass is 127. The fourth-order valence-corrected chi connectivity index (χ4v) is 8.25. The first-order valence-electron chi connectivity index (χ1n) is 21.5. The highest BCUT2D eigenvalue weighted by molar-refractivity contribution is 14.1. The Balaban J connectivity index is 0.000000180. The topological polar surface area (TPSA) is 52.6 Å². The molecule has 0 atom stereocenters. The van der Waals surface area contributed by atoms with Gasteiger partial charge >= 0.3 is 11.9 Å². The maximum atomic E-state index is 14.3. The third-order valence-electron chi connectivity index (χ3n) is 11.3. The van der Waals surface area contributed by atoms with Crippen LogP contribution in [0.2, 0.25) is 0 Å². The molecule has 6 aromatic rings. The van der Waals surface area contributed by atoms with E-state index in [0.29, 0.717) is 5.56 Å². The van der Waals surface area contributed by atoms with Crippen LogP contribution in [0.1, 0.15) is 125 Å². The van der Waals surface area contributed by atoms with Gasteiger partial charge in [-0.15, -0.1) is 6.42 Å². The zero-order chi connectivity index (χ0) is 46.7. The third kappa shape index (κ3) is 11.8. The van der Waals surface area contributed by atoms with Gasteiger partial charge in [0.1, 0.15) is 11.6 Å². The zero-order valence-corrected chi connectivity index (χ0v) is 39.7. The molecule has 0 saturated heterocycles. The van der Waals surface area contributed by atoms with Gasteiger partial charge in [-0.05, 0) is 165 Å². The quantitative estimate of drug-likeness (QED) is 0.0948. The molecule has 2 aliphatic rings. The Kier molecular flexibility index (Phi) is 15.8. The lowest BCUT2D eigenvalue weighted by molar-refractivity contribution is 0.0511. The Morgan fingerprint density at radius 2 is 1.00 bits per heavy atom. The average Bonchev–Trinajstić information content (AvgIpc) is 3.29. The highest BCUT2D eigenvalue weighted by Crippen LogP contribution is 2.43. The van der Waals surface area contributed by atoms with Gasteiger partial charge < -0.3 is 9.47 Å². The summed E-state index contributed by atoms with van der Waals surface area (Å²) >= 11 is 1.97. The monoisotopic (exact) mass is 976 g/mol. The van der Waals surface area contributed by atoms with Crippen LogP contribution in [0.25, 0.3) is 11.1 Å². The summed E-state index contributed by atoms with van der Waals surface area (Å²) in [6.07, 6.45) is 12.2. The SMILES string of the molecule is C#Cc1ccc2c(c1)C(c1ccccc1)=CCC2(C)C.CCOC(=O)c1ccc(C#Cc2ccc3c(c2)C(c2ccccc2)=CCC3(C)C)cc1F.CCOC(=O)c1ccc(I)cc1F. The van der Waals surface area contributed by atoms with E-state index in [1.807, 2.05) is 46.9 Å². The third-order valence-corrected chi connectivity index (χ3v) is 12.0. The van der Waals surface area contributed by atoms with Crippen LogP contribution in [-0.2, 0) is 20.3 Å². The number of carbonyl (C=O) groups excluding carboxylic acids is 2. The Morgan fingerprint density at radius 1 is 0.585 bits per heavy atom. The van der Waals surface area contributed by atoms with Crippen molar-refractivity contribution < 1.29 is 27.8 Å². The number of terminal acetylenes is 1. The van der Waals surface area contributed by atoms with E-state index < -0.39 is 23.6 Å². The van der Waals surface area contributed by atoms with Crippen LogP contribution < -0.4 is 0 Å². The summed E-state index contributed by atoms with van der Waals surface area (Å²) < 4.78 is 37.7. The van der Waals surface area contributed by atoms with E-state index in [1.54, 1.807) is 26.0 Å². The minimum Gasteiger partial charge on any atom is -0.462 e. The lowest BCUT2D eigenvalue weighted by Crippen LogP contribution is -2.21. The van der Waals surface area contributed by atoms with E-state index in [4.69, 9.17) is 11.2 Å². The van der Waals surface area contributed by atoms with Gasteiger partial charge in [0.2, 0.25) is 0 Å². The molecule has 0 heterocycles. The lowest BCUT2D eigenvalue weighted by Gasteiger charge is -2.32. The van der Waals surface area contributed by atoms with Crippen molar-refractivity contribution in [3.63, 3.8) is 0 Å². The van der Waals surface area contributed by atoms with Crippen LogP contribution in [0.4, 0.5) is 8.78 Å². The number of hydrogen-bond acceptors (Lipinski definition) is 4. The zero-order valence-electron chi connectivity index (χ0n) is 37.5. The van der Waals surface area contributed by atoms with Gasteiger partial charge in [-0.3, -0.25) is 0 Å². The van der Waals surface area contributed by atoms with Crippen LogP contribution in [0.5, 0.6) is 0 Å². The molecular formula is C58H51F2IO4. The molecule has 0 amide bonds. The molecule has 4 nitrogen and oxygen atoms in total. The smallest absolute Gasteiger partial charge is 0.341 e. The number of fused-ring (bicyclic) bond motifs is 2. The van der Waals surface area contributed by atoms with E-state index in [2.05, 4.69) is 135 Å². The summed E-state index contributed by atoms with van der Waals surface area (Å²) in [6, 6.07) is 42.3. The standard InChI is InChI=1S/C29H25FO2.C20H18.C9H8FIO2/c1-4-32-28(31)24-14-12-21(19-27(24)30)11-10-20-13-15-26-25(18-20)23(16-17-29(26,2)3)22-8-6-5-7-9-22;1-4-15-10-11-19-18(14-15)17(12-13-20(19,2)3)16-8-6-5-7-9-16;1-2-13-9(12)7-4-3-6(11)5-8(7)10/h5-9,12-16,18-19H,4,17H2,1-3H3;1,5-12,14H,13H2,2-3H3;3-5H,2H2,1H3. The molecule has 2 aliphatic carbocycles. The second-order valence-electron chi connectivity index (χ2n) is 16.8. The number of esters is 2. The molecule has 65 heavy (non-hydrogen) atoms. The van der Waals surface area contributed by atoms with Crippen LogP contribution in [0.15, 0.2) is 146 Å². The Morgan fingerprint density at radius 3 is 1.45 bits per heavy atom. The molecule has 0 saturated carbocycles. The Hall–Kier alpha value is -6.55. The molecule has 8 rings (SSSR count). The van der Waals surface area contributed by atoms with Crippen molar-refractivity contribution in [3.05, 3.63) is 222 Å². The molecule has 328 valence electrons. The molecule has 0 aromatic heterocycles. The molecule has 0 N–H and O–H groups in total. The summed E-state index contributed by atoms with van der Waals surface area (Å²) in [4.78, 5) is 22.9. The predicted octanol–water partition coefficient (Wildman–Crippen LogP) is 13.9. The molecule has 0 bridgehead atoms. The van der Waals surface area contributed by atoms with Crippen molar-refractivity contribution in [2.45, 2.75) is 65.2 Å².